The van der Waals surface area contributed by atoms with Crippen molar-refractivity contribution >= 4 is 16.0 Å². The summed E-state index contributed by atoms with van der Waals surface area (Å²) in [5.74, 6) is -1.24. The molecule has 0 aliphatic carbocycles. The van der Waals surface area contributed by atoms with Gasteiger partial charge in [0.25, 0.3) is 0 Å². The smallest absolute Gasteiger partial charge is 0.304 e. The second-order valence-electron chi connectivity index (χ2n) is 4.71. The molecule has 6 nitrogen and oxygen atoms in total. The number of carbonyl (C=O) groups is 1. The summed E-state index contributed by atoms with van der Waals surface area (Å²) < 4.78 is 26.7. The number of rotatable bonds is 6. The van der Waals surface area contributed by atoms with Crippen molar-refractivity contribution in [3.05, 3.63) is 29.8 Å². The highest BCUT2D eigenvalue weighted by Crippen LogP contribution is 2.15. The molecule has 0 aromatic heterocycles. The molecule has 0 heterocycles. The quantitative estimate of drug-likeness (QED) is 0.823. The summed E-state index contributed by atoms with van der Waals surface area (Å²) in [7, 11) is -3.85. The third kappa shape index (κ3) is 4.33. The van der Waals surface area contributed by atoms with Gasteiger partial charge in [-0.3, -0.25) is 4.79 Å². The Morgan fingerprint density at radius 2 is 2.10 bits per heavy atom. The third-order valence-corrected chi connectivity index (χ3v) is 4.27. The molecule has 1 aromatic rings. The first-order chi connectivity index (χ1) is 9.26. The van der Waals surface area contributed by atoms with E-state index in [0.29, 0.717) is 0 Å². The summed E-state index contributed by atoms with van der Waals surface area (Å²) >= 11 is 0. The summed E-state index contributed by atoms with van der Waals surface area (Å²) in [6, 6.07) is 6.73. The minimum Gasteiger partial charge on any atom is -0.481 e. The number of nitrogens with zero attached hydrogens (tertiary/aromatic N) is 1. The van der Waals surface area contributed by atoms with Crippen LogP contribution in [0.25, 0.3) is 0 Å². The number of aliphatic carboxylic acids is 1. The highest BCUT2D eigenvalue weighted by molar-refractivity contribution is 7.89. The Kier molecular flexibility index (Phi) is 5.25. The Morgan fingerprint density at radius 1 is 1.45 bits per heavy atom. The lowest BCUT2D eigenvalue weighted by molar-refractivity contribution is -0.137. The SMILES string of the molecule is CC(C)C(CC(=O)O)NS(=O)(=O)c1cccc(C#N)c1. The molecule has 0 saturated carbocycles. The van der Waals surface area contributed by atoms with E-state index >= 15 is 0 Å². The van der Waals surface area contributed by atoms with Gasteiger partial charge in [0.1, 0.15) is 0 Å². The average molecular weight is 296 g/mol. The van der Waals surface area contributed by atoms with Gasteiger partial charge < -0.3 is 5.11 Å². The highest BCUT2D eigenvalue weighted by Gasteiger charge is 2.24. The fourth-order valence-corrected chi connectivity index (χ4v) is 3.03. The van der Waals surface area contributed by atoms with Crippen LogP contribution in [0.5, 0.6) is 0 Å². The fourth-order valence-electron chi connectivity index (χ4n) is 1.60. The molecule has 2 N–H and O–H groups in total. The van der Waals surface area contributed by atoms with Gasteiger partial charge in [0.2, 0.25) is 10.0 Å². The lowest BCUT2D eigenvalue weighted by atomic mass is 10.0. The average Bonchev–Trinajstić information content (AvgIpc) is 2.37. The van der Waals surface area contributed by atoms with E-state index in [4.69, 9.17) is 10.4 Å². The highest BCUT2D eigenvalue weighted by atomic mass is 32.2. The molecule has 0 amide bonds. The molecule has 0 spiro atoms. The molecule has 0 bridgehead atoms. The zero-order valence-electron chi connectivity index (χ0n) is 11.2. The molecule has 0 radical (unpaired) electrons. The van der Waals surface area contributed by atoms with Crippen LogP contribution < -0.4 is 4.72 Å². The van der Waals surface area contributed by atoms with Crippen molar-refractivity contribution in [3.63, 3.8) is 0 Å². The molecule has 20 heavy (non-hydrogen) atoms. The Morgan fingerprint density at radius 3 is 2.60 bits per heavy atom. The molecule has 1 atom stereocenters. The van der Waals surface area contributed by atoms with Crippen LogP contribution in [-0.2, 0) is 14.8 Å². The van der Waals surface area contributed by atoms with Gasteiger partial charge in [-0.1, -0.05) is 19.9 Å². The number of carboxylic acid groups (broad SMARTS) is 1. The molecule has 1 unspecified atom stereocenters. The Labute approximate surface area is 118 Å². The number of nitriles is 1. The molecule has 0 aliphatic heterocycles. The van der Waals surface area contributed by atoms with Crippen molar-refractivity contribution in [1.29, 1.82) is 5.26 Å². The van der Waals surface area contributed by atoms with Gasteiger partial charge in [0, 0.05) is 6.04 Å². The zero-order chi connectivity index (χ0) is 15.3. The van der Waals surface area contributed by atoms with Crippen LogP contribution in [0.2, 0.25) is 0 Å². The number of nitrogens with one attached hydrogen (secondary N) is 1. The Bertz CT molecular complexity index is 632. The van der Waals surface area contributed by atoms with E-state index in [-0.39, 0.29) is 22.8 Å². The van der Waals surface area contributed by atoms with E-state index in [2.05, 4.69) is 4.72 Å². The summed E-state index contributed by atoms with van der Waals surface area (Å²) in [4.78, 5) is 10.7. The summed E-state index contributed by atoms with van der Waals surface area (Å²) in [6.07, 6.45) is -0.297. The topological polar surface area (TPSA) is 107 Å². The van der Waals surface area contributed by atoms with Crippen LogP contribution in [0.4, 0.5) is 0 Å². The van der Waals surface area contributed by atoms with E-state index in [1.54, 1.807) is 13.8 Å². The van der Waals surface area contributed by atoms with Crippen LogP contribution >= 0.6 is 0 Å². The lowest BCUT2D eigenvalue weighted by Crippen LogP contribution is -2.40. The zero-order valence-corrected chi connectivity index (χ0v) is 12.0. The van der Waals surface area contributed by atoms with Crippen molar-refractivity contribution in [1.82, 2.24) is 4.72 Å². The first kappa shape index (κ1) is 16.1. The van der Waals surface area contributed by atoms with Gasteiger partial charge in [-0.25, -0.2) is 13.1 Å². The molecule has 7 heteroatoms. The molecule has 1 rings (SSSR count). The normalized spacial score (nSPS) is 12.9. The van der Waals surface area contributed by atoms with Crippen molar-refractivity contribution in [2.75, 3.05) is 0 Å². The number of benzene rings is 1. The van der Waals surface area contributed by atoms with Crippen LogP contribution in [0.3, 0.4) is 0 Å². The van der Waals surface area contributed by atoms with Gasteiger partial charge in [-0.15, -0.1) is 0 Å². The monoisotopic (exact) mass is 296 g/mol. The van der Waals surface area contributed by atoms with E-state index in [1.165, 1.54) is 24.3 Å². The molecule has 0 aliphatic rings. The van der Waals surface area contributed by atoms with Gasteiger partial charge in [-0.2, -0.15) is 5.26 Å². The molecule has 0 saturated heterocycles. The predicted octanol–water partition coefficient (Wildman–Crippen LogP) is 1.34. The first-order valence-corrected chi connectivity index (χ1v) is 7.49. The van der Waals surface area contributed by atoms with Gasteiger partial charge in [-0.05, 0) is 24.1 Å². The van der Waals surface area contributed by atoms with Crippen molar-refractivity contribution in [3.8, 4) is 6.07 Å². The summed E-state index contributed by atoms with van der Waals surface area (Å²) in [5, 5.41) is 17.6. The number of hydrogen-bond acceptors (Lipinski definition) is 4. The summed E-state index contributed by atoms with van der Waals surface area (Å²) in [6.45, 7) is 3.48. The van der Waals surface area contributed by atoms with Crippen molar-refractivity contribution in [2.45, 2.75) is 31.2 Å². The lowest BCUT2D eigenvalue weighted by Gasteiger charge is -2.20. The van der Waals surface area contributed by atoms with Crippen molar-refractivity contribution < 1.29 is 18.3 Å². The summed E-state index contributed by atoms with van der Waals surface area (Å²) in [5.41, 5.74) is 0.229. The fraction of sp³-hybridized carbons (Fsp3) is 0.385. The van der Waals surface area contributed by atoms with Crippen LogP contribution in [0.1, 0.15) is 25.8 Å². The molecular formula is C13H16N2O4S. The molecule has 108 valence electrons. The standard InChI is InChI=1S/C13H16N2O4S/c1-9(2)12(7-13(16)17)15-20(18,19)11-5-3-4-10(6-11)8-14/h3-6,9,12,15H,7H2,1-2H3,(H,16,17). The third-order valence-electron chi connectivity index (χ3n) is 2.78. The Balaban J connectivity index is 3.03. The number of sulfonamides is 1. The predicted molar refractivity (Wildman–Crippen MR) is 72.4 cm³/mol. The van der Waals surface area contributed by atoms with E-state index < -0.39 is 22.0 Å². The van der Waals surface area contributed by atoms with Gasteiger partial charge >= 0.3 is 5.97 Å². The Hall–Kier alpha value is -1.91. The number of carboxylic acids is 1. The second-order valence-corrected chi connectivity index (χ2v) is 6.42. The van der Waals surface area contributed by atoms with Gasteiger partial charge in [0.05, 0.1) is 22.9 Å². The van der Waals surface area contributed by atoms with E-state index in [9.17, 15) is 13.2 Å². The maximum atomic E-state index is 12.2. The maximum absolute atomic E-state index is 12.2. The number of hydrogen-bond donors (Lipinski definition) is 2. The van der Waals surface area contributed by atoms with Crippen LogP contribution in [0, 0.1) is 17.2 Å². The van der Waals surface area contributed by atoms with Crippen LogP contribution in [-0.4, -0.2) is 25.5 Å². The largest absolute Gasteiger partial charge is 0.481 e. The minimum atomic E-state index is -3.85. The molecule has 0 fully saturated rings. The van der Waals surface area contributed by atoms with Gasteiger partial charge in [0.15, 0.2) is 0 Å². The molecular weight excluding hydrogens is 280 g/mol. The van der Waals surface area contributed by atoms with E-state index in [1.807, 2.05) is 6.07 Å². The van der Waals surface area contributed by atoms with Crippen molar-refractivity contribution in [2.24, 2.45) is 5.92 Å². The van der Waals surface area contributed by atoms with E-state index in [0.717, 1.165) is 0 Å². The second kappa shape index (κ2) is 6.50. The maximum Gasteiger partial charge on any atom is 0.304 e. The molecule has 1 aromatic carbocycles. The first-order valence-electron chi connectivity index (χ1n) is 6.00. The van der Waals surface area contributed by atoms with Crippen LogP contribution in [0.15, 0.2) is 29.2 Å². The minimum absolute atomic E-state index is 0.0485.